The second kappa shape index (κ2) is 11.1. The van der Waals surface area contributed by atoms with Crippen molar-refractivity contribution in [1.82, 2.24) is 0 Å². The molecular formula is C25H40O10. The lowest BCUT2D eigenvalue weighted by Crippen LogP contribution is -2.61. The molecule has 3 aliphatic rings. The molecule has 11 atom stereocenters. The van der Waals surface area contributed by atoms with Crippen molar-refractivity contribution in [3.63, 3.8) is 0 Å². The fraction of sp³-hybridized carbons (Fsp3) is 0.880. The Morgan fingerprint density at radius 2 is 1.91 bits per heavy atom. The Labute approximate surface area is 206 Å². The van der Waals surface area contributed by atoms with Gasteiger partial charge in [0.05, 0.1) is 38.8 Å². The normalized spacial score (nSPS) is 40.9. The zero-order chi connectivity index (χ0) is 26.1. The van der Waals surface area contributed by atoms with Gasteiger partial charge in [-0.05, 0) is 31.1 Å². The molecule has 0 aromatic rings. The number of aliphatic hydroxyl groups is 1. The third-order valence-electron chi connectivity index (χ3n) is 8.07. The quantitative estimate of drug-likeness (QED) is 0.390. The topological polar surface area (TPSA) is 127 Å². The molecule has 0 saturated carbocycles. The molecule has 0 amide bonds. The molecule has 10 nitrogen and oxygen atoms in total. The number of ether oxygens (including phenoxy) is 6. The van der Waals surface area contributed by atoms with Gasteiger partial charge in [-0.1, -0.05) is 27.7 Å². The highest BCUT2D eigenvalue weighted by molar-refractivity contribution is 5.79. The van der Waals surface area contributed by atoms with Gasteiger partial charge in [-0.3, -0.25) is 9.59 Å². The number of carbonyl (C=O) groups is 3. The number of fused-ring (bicyclic) bond motifs is 1. The van der Waals surface area contributed by atoms with Crippen molar-refractivity contribution >= 4 is 17.9 Å². The molecule has 0 aromatic carbocycles. The van der Waals surface area contributed by atoms with Crippen LogP contribution in [0.15, 0.2) is 0 Å². The van der Waals surface area contributed by atoms with Crippen molar-refractivity contribution in [2.75, 3.05) is 13.7 Å². The van der Waals surface area contributed by atoms with Gasteiger partial charge in [0.25, 0.3) is 5.79 Å². The van der Waals surface area contributed by atoms with Gasteiger partial charge in [0, 0.05) is 12.8 Å². The average molecular weight is 501 g/mol. The van der Waals surface area contributed by atoms with Gasteiger partial charge in [0.1, 0.15) is 24.4 Å². The van der Waals surface area contributed by atoms with Crippen LogP contribution < -0.4 is 0 Å². The largest absolute Gasteiger partial charge is 0.465 e. The number of esters is 3. The van der Waals surface area contributed by atoms with Crippen molar-refractivity contribution in [3.8, 4) is 0 Å². The standard InChI is InChI=1S/C25H40O10/c1-8-12(2)22(33-16(6)26)23-17-9-20(27)34-18(17)10-25(35-23,24(29)30-7)31-11-19-21(28)14(4)13(3)15(5)32-19/h12-15,17-19,21-23,28H,8-11H2,1-7H3/t12-,13?,14-,15+,17-,18-,19?,21-,22-,23?,25-/m1/s1. The lowest BCUT2D eigenvalue weighted by Gasteiger charge is -2.47. The van der Waals surface area contributed by atoms with E-state index in [1.54, 1.807) is 0 Å². The minimum atomic E-state index is -1.92. The number of hydrogen-bond acceptors (Lipinski definition) is 10. The highest BCUT2D eigenvalue weighted by atomic mass is 16.7. The SMILES string of the molecule is CC[C@@H](C)[C@@H](OC(C)=O)C1O[C@@](OCC2O[C@@H](C)C(C)[C@@H](C)[C@H]2O)(C(=O)OC)C[C@H]2OC(=O)C[C@@H]12. The molecule has 35 heavy (non-hydrogen) atoms. The first-order chi connectivity index (χ1) is 16.4. The number of aliphatic hydroxyl groups excluding tert-OH is 1. The smallest absolute Gasteiger partial charge is 0.366 e. The summed E-state index contributed by atoms with van der Waals surface area (Å²) in [5.74, 6) is -4.07. The third-order valence-corrected chi connectivity index (χ3v) is 8.07. The van der Waals surface area contributed by atoms with E-state index in [1.165, 1.54) is 14.0 Å². The van der Waals surface area contributed by atoms with Gasteiger partial charge in [-0.25, -0.2) is 4.79 Å². The van der Waals surface area contributed by atoms with E-state index in [9.17, 15) is 19.5 Å². The van der Waals surface area contributed by atoms with E-state index in [0.717, 1.165) is 0 Å². The predicted molar refractivity (Wildman–Crippen MR) is 122 cm³/mol. The van der Waals surface area contributed by atoms with Crippen molar-refractivity contribution < 1.29 is 47.9 Å². The lowest BCUT2D eigenvalue weighted by atomic mass is 9.80. The molecule has 0 aromatic heterocycles. The summed E-state index contributed by atoms with van der Waals surface area (Å²) in [4.78, 5) is 37.3. The van der Waals surface area contributed by atoms with E-state index >= 15 is 0 Å². The van der Waals surface area contributed by atoms with Crippen LogP contribution in [0.2, 0.25) is 0 Å². The Hall–Kier alpha value is -1.75. The molecule has 0 spiro atoms. The van der Waals surface area contributed by atoms with Crippen LogP contribution >= 0.6 is 0 Å². The first-order valence-corrected chi connectivity index (χ1v) is 12.5. The summed E-state index contributed by atoms with van der Waals surface area (Å²) in [7, 11) is 1.22. The molecule has 200 valence electrons. The average Bonchev–Trinajstić information content (AvgIpc) is 3.20. The highest BCUT2D eigenvalue weighted by Gasteiger charge is 2.60. The van der Waals surface area contributed by atoms with Gasteiger partial charge in [-0.2, -0.15) is 0 Å². The summed E-state index contributed by atoms with van der Waals surface area (Å²) >= 11 is 0. The van der Waals surface area contributed by atoms with E-state index in [4.69, 9.17) is 28.4 Å². The molecule has 0 radical (unpaired) electrons. The second-order valence-corrected chi connectivity index (χ2v) is 10.3. The van der Waals surface area contributed by atoms with E-state index < -0.39 is 60.1 Å². The maximum absolute atomic E-state index is 13.1. The molecule has 0 bridgehead atoms. The van der Waals surface area contributed by atoms with Crippen LogP contribution in [0, 0.1) is 23.7 Å². The summed E-state index contributed by atoms with van der Waals surface area (Å²) < 4.78 is 34.6. The van der Waals surface area contributed by atoms with Crippen LogP contribution in [0.4, 0.5) is 0 Å². The summed E-state index contributed by atoms with van der Waals surface area (Å²) in [5, 5.41) is 10.8. The molecule has 10 heteroatoms. The van der Waals surface area contributed by atoms with Crippen molar-refractivity contribution in [3.05, 3.63) is 0 Å². The molecule has 3 heterocycles. The lowest BCUT2D eigenvalue weighted by molar-refractivity contribution is -0.323. The zero-order valence-corrected chi connectivity index (χ0v) is 21.7. The van der Waals surface area contributed by atoms with Crippen LogP contribution in [0.25, 0.3) is 0 Å². The van der Waals surface area contributed by atoms with Crippen LogP contribution in [-0.2, 0) is 42.8 Å². The molecule has 3 saturated heterocycles. The second-order valence-electron chi connectivity index (χ2n) is 10.3. The van der Waals surface area contributed by atoms with E-state index in [2.05, 4.69) is 0 Å². The Morgan fingerprint density at radius 3 is 2.51 bits per heavy atom. The first-order valence-electron chi connectivity index (χ1n) is 12.5. The summed E-state index contributed by atoms with van der Waals surface area (Å²) in [6, 6.07) is 0. The maximum Gasteiger partial charge on any atom is 0.366 e. The zero-order valence-electron chi connectivity index (χ0n) is 21.7. The number of rotatable bonds is 8. The van der Waals surface area contributed by atoms with Gasteiger partial charge < -0.3 is 33.5 Å². The number of hydrogen-bond donors (Lipinski definition) is 1. The third kappa shape index (κ3) is 5.65. The molecular weight excluding hydrogens is 460 g/mol. The van der Waals surface area contributed by atoms with E-state index in [0.29, 0.717) is 6.42 Å². The highest BCUT2D eigenvalue weighted by Crippen LogP contribution is 2.45. The predicted octanol–water partition coefficient (Wildman–Crippen LogP) is 1.99. The van der Waals surface area contributed by atoms with Gasteiger partial charge in [0.15, 0.2) is 0 Å². The van der Waals surface area contributed by atoms with Crippen molar-refractivity contribution in [2.45, 2.75) is 103 Å². The van der Waals surface area contributed by atoms with Crippen molar-refractivity contribution in [1.29, 1.82) is 0 Å². The molecule has 3 fully saturated rings. The Bertz CT molecular complexity index is 786. The Kier molecular flexibility index (Phi) is 8.83. The summed E-state index contributed by atoms with van der Waals surface area (Å²) in [6.07, 6.45) is -3.19. The maximum atomic E-state index is 13.1. The minimum Gasteiger partial charge on any atom is -0.465 e. The minimum absolute atomic E-state index is 0.0413. The fourth-order valence-corrected chi connectivity index (χ4v) is 5.36. The van der Waals surface area contributed by atoms with Crippen LogP contribution in [-0.4, -0.2) is 79.1 Å². The molecule has 0 aliphatic carbocycles. The first kappa shape index (κ1) is 27.8. The molecule has 1 N–H and O–H groups in total. The number of methoxy groups -OCH3 is 1. The van der Waals surface area contributed by atoms with Gasteiger partial charge in [0.2, 0.25) is 0 Å². The summed E-state index contributed by atoms with van der Waals surface area (Å²) in [5.41, 5.74) is 0. The van der Waals surface area contributed by atoms with Gasteiger partial charge >= 0.3 is 17.9 Å². The van der Waals surface area contributed by atoms with E-state index in [-0.39, 0.29) is 43.3 Å². The molecule has 3 unspecified atom stereocenters. The fourth-order valence-electron chi connectivity index (χ4n) is 5.36. The monoisotopic (exact) mass is 500 g/mol. The van der Waals surface area contributed by atoms with Crippen LogP contribution in [0.5, 0.6) is 0 Å². The summed E-state index contributed by atoms with van der Waals surface area (Å²) in [6.45, 7) is 10.9. The van der Waals surface area contributed by atoms with Gasteiger partial charge in [-0.15, -0.1) is 0 Å². The molecule has 3 rings (SSSR count). The Balaban J connectivity index is 1.91. The van der Waals surface area contributed by atoms with Crippen LogP contribution in [0.1, 0.15) is 60.8 Å². The molecule has 3 aliphatic heterocycles. The Morgan fingerprint density at radius 1 is 1.23 bits per heavy atom. The van der Waals surface area contributed by atoms with Crippen LogP contribution in [0.3, 0.4) is 0 Å². The number of carbonyl (C=O) groups excluding carboxylic acids is 3. The van der Waals surface area contributed by atoms with E-state index in [1.807, 2.05) is 34.6 Å². The van der Waals surface area contributed by atoms with Crippen molar-refractivity contribution in [2.24, 2.45) is 23.7 Å².